The number of hydrogen-bond acceptors (Lipinski definition) is 2. The fourth-order valence-corrected chi connectivity index (χ4v) is 2.95. The van der Waals surface area contributed by atoms with Crippen molar-refractivity contribution in [2.45, 2.75) is 5.33 Å². The Hall–Kier alpha value is -0.560. The zero-order chi connectivity index (χ0) is 10.1. The summed E-state index contributed by atoms with van der Waals surface area (Å²) in [6.07, 6.45) is 0. The van der Waals surface area contributed by atoms with Crippen LogP contribution in [0.3, 0.4) is 0 Å². The lowest BCUT2D eigenvalue weighted by Gasteiger charge is -1.94. The fraction of sp³-hybridized carbons (Fsp3) is 0.100. The van der Waals surface area contributed by atoms with Gasteiger partial charge in [0.2, 0.25) is 0 Å². The first-order valence-electron chi connectivity index (χ1n) is 3.93. The SMILES string of the molecule is N#Cc1sc2cc(CBr)ccc2c1Cl. The maximum atomic E-state index is 8.81. The van der Waals surface area contributed by atoms with Crippen molar-refractivity contribution in [1.82, 2.24) is 0 Å². The second kappa shape index (κ2) is 3.90. The van der Waals surface area contributed by atoms with Gasteiger partial charge in [-0.1, -0.05) is 39.7 Å². The third-order valence-electron chi connectivity index (χ3n) is 1.95. The third kappa shape index (κ3) is 1.54. The number of thiophene rings is 1. The number of nitriles is 1. The van der Waals surface area contributed by atoms with Crippen LogP contribution >= 0.6 is 38.9 Å². The molecule has 0 atom stereocenters. The average Bonchev–Trinajstić information content (AvgIpc) is 2.55. The van der Waals surface area contributed by atoms with Crippen LogP contribution in [0.2, 0.25) is 5.02 Å². The molecular formula is C10H5BrClNS. The second-order valence-corrected chi connectivity index (χ2v) is 4.81. The van der Waals surface area contributed by atoms with Crippen molar-refractivity contribution < 1.29 is 0 Å². The van der Waals surface area contributed by atoms with Crippen LogP contribution < -0.4 is 0 Å². The Morgan fingerprint density at radius 2 is 2.29 bits per heavy atom. The van der Waals surface area contributed by atoms with Crippen molar-refractivity contribution in [3.63, 3.8) is 0 Å². The summed E-state index contributed by atoms with van der Waals surface area (Å²) < 4.78 is 1.07. The Balaban J connectivity index is 2.74. The van der Waals surface area contributed by atoms with E-state index < -0.39 is 0 Å². The van der Waals surface area contributed by atoms with Crippen molar-refractivity contribution in [2.24, 2.45) is 0 Å². The molecule has 0 spiro atoms. The summed E-state index contributed by atoms with van der Waals surface area (Å²) in [6.45, 7) is 0. The zero-order valence-electron chi connectivity index (χ0n) is 7.05. The highest BCUT2D eigenvalue weighted by molar-refractivity contribution is 9.08. The van der Waals surface area contributed by atoms with Gasteiger partial charge < -0.3 is 0 Å². The zero-order valence-corrected chi connectivity index (χ0v) is 10.2. The van der Waals surface area contributed by atoms with Crippen LogP contribution in [0.4, 0.5) is 0 Å². The highest BCUT2D eigenvalue weighted by Gasteiger charge is 2.09. The molecule has 0 amide bonds. The van der Waals surface area contributed by atoms with Gasteiger partial charge in [-0.05, 0) is 11.6 Å². The molecule has 1 heterocycles. The Bertz CT molecular complexity index is 527. The van der Waals surface area contributed by atoms with Gasteiger partial charge in [0.05, 0.1) is 5.02 Å². The lowest BCUT2D eigenvalue weighted by atomic mass is 10.2. The van der Waals surface area contributed by atoms with Crippen LogP contribution in [0.1, 0.15) is 10.4 Å². The molecule has 0 N–H and O–H groups in total. The number of rotatable bonds is 1. The van der Waals surface area contributed by atoms with Crippen LogP contribution in [-0.2, 0) is 5.33 Å². The number of fused-ring (bicyclic) bond motifs is 1. The van der Waals surface area contributed by atoms with Crippen molar-refractivity contribution in [1.29, 1.82) is 5.26 Å². The topological polar surface area (TPSA) is 23.8 Å². The Morgan fingerprint density at radius 3 is 2.93 bits per heavy atom. The quantitative estimate of drug-likeness (QED) is 0.716. The molecule has 0 unspecified atom stereocenters. The monoisotopic (exact) mass is 285 g/mol. The van der Waals surface area contributed by atoms with Gasteiger partial charge in [0.25, 0.3) is 0 Å². The molecule has 2 rings (SSSR count). The largest absolute Gasteiger partial charge is 0.191 e. The average molecular weight is 287 g/mol. The molecule has 1 aromatic carbocycles. The van der Waals surface area contributed by atoms with Gasteiger partial charge in [0, 0.05) is 15.4 Å². The van der Waals surface area contributed by atoms with E-state index in [4.69, 9.17) is 16.9 Å². The number of nitrogens with zero attached hydrogens (tertiary/aromatic N) is 1. The van der Waals surface area contributed by atoms with E-state index >= 15 is 0 Å². The van der Waals surface area contributed by atoms with Crippen LogP contribution in [0.15, 0.2) is 18.2 Å². The van der Waals surface area contributed by atoms with Crippen LogP contribution in [0.25, 0.3) is 10.1 Å². The Kier molecular flexibility index (Phi) is 2.78. The van der Waals surface area contributed by atoms with Crippen LogP contribution in [-0.4, -0.2) is 0 Å². The van der Waals surface area contributed by atoms with Crippen LogP contribution in [0, 0.1) is 11.3 Å². The minimum absolute atomic E-state index is 0.577. The molecule has 0 aliphatic heterocycles. The standard InChI is InChI=1S/C10H5BrClNS/c11-4-6-1-2-7-8(3-6)14-9(5-13)10(7)12/h1-3H,4H2. The van der Waals surface area contributed by atoms with Crippen molar-refractivity contribution in [3.05, 3.63) is 33.7 Å². The third-order valence-corrected chi connectivity index (χ3v) is 4.16. The first-order chi connectivity index (χ1) is 6.76. The van der Waals surface area contributed by atoms with E-state index in [1.54, 1.807) is 0 Å². The van der Waals surface area contributed by atoms with Crippen molar-refractivity contribution >= 4 is 49.0 Å². The van der Waals surface area contributed by atoms with Gasteiger partial charge in [0.15, 0.2) is 0 Å². The van der Waals surface area contributed by atoms with Gasteiger partial charge in [-0.25, -0.2) is 0 Å². The summed E-state index contributed by atoms with van der Waals surface area (Å²) in [4.78, 5) is 0.591. The lowest BCUT2D eigenvalue weighted by molar-refractivity contribution is 1.47. The summed E-state index contributed by atoms with van der Waals surface area (Å²) in [5.74, 6) is 0. The predicted molar refractivity (Wildman–Crippen MR) is 64.2 cm³/mol. The van der Waals surface area contributed by atoms with Gasteiger partial charge in [-0.15, -0.1) is 11.3 Å². The van der Waals surface area contributed by atoms with Gasteiger partial charge >= 0.3 is 0 Å². The van der Waals surface area contributed by atoms with E-state index in [-0.39, 0.29) is 0 Å². The summed E-state index contributed by atoms with van der Waals surface area (Å²) in [6, 6.07) is 8.13. The minimum atomic E-state index is 0.577. The molecule has 1 aromatic heterocycles. The van der Waals surface area contributed by atoms with E-state index in [0.29, 0.717) is 9.90 Å². The maximum Gasteiger partial charge on any atom is 0.124 e. The number of hydrogen-bond donors (Lipinski definition) is 0. The lowest BCUT2D eigenvalue weighted by Crippen LogP contribution is -1.74. The van der Waals surface area contributed by atoms with Crippen molar-refractivity contribution in [3.8, 4) is 6.07 Å². The second-order valence-electron chi connectivity index (χ2n) is 2.82. The Morgan fingerprint density at radius 1 is 1.50 bits per heavy atom. The molecule has 0 aliphatic carbocycles. The molecule has 4 heteroatoms. The molecule has 0 radical (unpaired) electrons. The molecule has 0 saturated carbocycles. The first kappa shape index (κ1) is 9.97. The predicted octanol–water partition coefficient (Wildman–Crippen LogP) is 4.32. The minimum Gasteiger partial charge on any atom is -0.191 e. The number of benzene rings is 1. The molecule has 1 nitrogen and oxygen atoms in total. The summed E-state index contributed by atoms with van der Waals surface area (Å²) in [5.41, 5.74) is 1.19. The highest BCUT2D eigenvalue weighted by Crippen LogP contribution is 2.35. The fourth-order valence-electron chi connectivity index (χ4n) is 1.26. The van der Waals surface area contributed by atoms with Crippen LogP contribution in [0.5, 0.6) is 0 Å². The molecule has 0 aliphatic rings. The number of alkyl halides is 1. The molecule has 0 fully saturated rings. The molecule has 14 heavy (non-hydrogen) atoms. The summed E-state index contributed by atoms with van der Waals surface area (Å²) in [5, 5.41) is 11.2. The van der Waals surface area contributed by atoms with E-state index in [2.05, 4.69) is 28.1 Å². The molecule has 0 bridgehead atoms. The van der Waals surface area contributed by atoms with Gasteiger partial charge in [-0.2, -0.15) is 5.26 Å². The van der Waals surface area contributed by atoms with E-state index in [0.717, 1.165) is 15.4 Å². The van der Waals surface area contributed by atoms with E-state index in [1.807, 2.05) is 12.1 Å². The summed E-state index contributed by atoms with van der Waals surface area (Å²) >= 11 is 10.9. The molecular weight excluding hydrogens is 282 g/mol. The summed E-state index contributed by atoms with van der Waals surface area (Å²) in [7, 11) is 0. The normalized spacial score (nSPS) is 10.4. The van der Waals surface area contributed by atoms with Gasteiger partial charge in [0.1, 0.15) is 10.9 Å². The van der Waals surface area contributed by atoms with E-state index in [9.17, 15) is 0 Å². The molecule has 70 valence electrons. The molecule has 0 saturated heterocycles. The van der Waals surface area contributed by atoms with E-state index in [1.165, 1.54) is 16.9 Å². The highest BCUT2D eigenvalue weighted by atomic mass is 79.9. The van der Waals surface area contributed by atoms with Gasteiger partial charge in [-0.3, -0.25) is 0 Å². The number of halogens is 2. The maximum absolute atomic E-state index is 8.81. The molecule has 2 aromatic rings. The first-order valence-corrected chi connectivity index (χ1v) is 6.25. The Labute approximate surface area is 99.0 Å². The van der Waals surface area contributed by atoms with Crippen molar-refractivity contribution in [2.75, 3.05) is 0 Å². The smallest absolute Gasteiger partial charge is 0.124 e.